The van der Waals surface area contributed by atoms with Crippen molar-refractivity contribution >= 4 is 17.5 Å². The van der Waals surface area contributed by atoms with Crippen LogP contribution in [0.3, 0.4) is 0 Å². The van der Waals surface area contributed by atoms with E-state index in [-0.39, 0.29) is 11.9 Å². The van der Waals surface area contributed by atoms with Crippen LogP contribution in [0.4, 0.5) is 11.6 Å². The van der Waals surface area contributed by atoms with Gasteiger partial charge in [0.25, 0.3) is 0 Å². The van der Waals surface area contributed by atoms with E-state index in [4.69, 9.17) is 0 Å². The third-order valence-corrected chi connectivity index (χ3v) is 4.86. The summed E-state index contributed by atoms with van der Waals surface area (Å²) < 4.78 is 1.75. The Morgan fingerprint density at radius 3 is 2.70 bits per heavy atom. The molecule has 2 aromatic carbocycles. The number of rotatable bonds is 3. The Kier molecular flexibility index (Phi) is 4.24. The van der Waals surface area contributed by atoms with Crippen molar-refractivity contribution in [2.24, 2.45) is 5.92 Å². The topological polar surface area (TPSA) is 71.8 Å². The molecule has 0 aliphatic carbocycles. The number of aryl methyl sites for hydroxylation is 2. The summed E-state index contributed by atoms with van der Waals surface area (Å²) in [5.41, 5.74) is 4.56. The van der Waals surface area contributed by atoms with Gasteiger partial charge in [-0.3, -0.25) is 4.79 Å². The Morgan fingerprint density at radius 2 is 1.96 bits per heavy atom. The molecule has 6 nitrogen and oxygen atoms in total. The first-order chi connectivity index (χ1) is 13.0. The van der Waals surface area contributed by atoms with Crippen LogP contribution in [-0.2, 0) is 4.79 Å². The molecule has 0 bridgehead atoms. The van der Waals surface area contributed by atoms with Crippen LogP contribution in [0.15, 0.2) is 67.1 Å². The van der Waals surface area contributed by atoms with E-state index < -0.39 is 5.92 Å². The van der Waals surface area contributed by atoms with Crippen LogP contribution in [0.5, 0.6) is 0 Å². The largest absolute Gasteiger partial charge is 0.328 e. The van der Waals surface area contributed by atoms with E-state index in [0.717, 1.165) is 22.4 Å². The van der Waals surface area contributed by atoms with Crippen molar-refractivity contribution < 1.29 is 4.79 Å². The van der Waals surface area contributed by atoms with E-state index in [0.29, 0.717) is 11.6 Å². The maximum atomic E-state index is 13.3. The number of carbonyl (C=O) groups is 1. The predicted octanol–water partition coefficient (Wildman–Crippen LogP) is 3.68. The number of anilines is 2. The number of fused-ring (bicyclic) bond motifs is 1. The first-order valence-electron chi connectivity index (χ1n) is 8.83. The molecule has 27 heavy (non-hydrogen) atoms. The van der Waals surface area contributed by atoms with Gasteiger partial charge < -0.3 is 10.6 Å². The number of hydrogen-bond donors (Lipinski definition) is 2. The number of hydrogen-bond acceptors (Lipinski definition) is 4. The number of aromatic nitrogens is 3. The zero-order valence-electron chi connectivity index (χ0n) is 15.3. The molecular formula is C21H21N5O. The van der Waals surface area contributed by atoms with Crippen molar-refractivity contribution in [2.75, 3.05) is 10.6 Å². The number of nitrogens with one attached hydrogen (secondary N) is 2. The molecule has 1 aliphatic heterocycles. The van der Waals surface area contributed by atoms with E-state index in [1.54, 1.807) is 4.68 Å². The Morgan fingerprint density at radius 1 is 1.19 bits per heavy atom. The molecule has 0 saturated heterocycles. The van der Waals surface area contributed by atoms with E-state index in [2.05, 4.69) is 27.3 Å². The summed E-state index contributed by atoms with van der Waals surface area (Å²) in [6.45, 7) is 8.11. The van der Waals surface area contributed by atoms with Crippen LogP contribution in [0.1, 0.15) is 22.7 Å². The summed E-state index contributed by atoms with van der Waals surface area (Å²) in [6, 6.07) is 15.5. The fourth-order valence-electron chi connectivity index (χ4n) is 3.55. The molecule has 0 unspecified atom stereocenters. The molecule has 0 saturated carbocycles. The van der Waals surface area contributed by atoms with Gasteiger partial charge in [-0.15, -0.1) is 0 Å². The second kappa shape index (κ2) is 6.72. The lowest BCUT2D eigenvalue weighted by molar-refractivity contribution is -0.119. The molecule has 136 valence electrons. The lowest BCUT2D eigenvalue weighted by Gasteiger charge is -2.33. The first kappa shape index (κ1) is 17.0. The highest BCUT2D eigenvalue weighted by Gasteiger charge is 2.39. The van der Waals surface area contributed by atoms with E-state index in [1.165, 1.54) is 6.33 Å². The van der Waals surface area contributed by atoms with Crippen molar-refractivity contribution in [3.8, 4) is 0 Å². The summed E-state index contributed by atoms with van der Waals surface area (Å²) >= 11 is 0. The van der Waals surface area contributed by atoms with E-state index in [9.17, 15) is 4.79 Å². The molecule has 1 aromatic heterocycles. The van der Waals surface area contributed by atoms with Crippen molar-refractivity contribution in [3.05, 3.63) is 83.8 Å². The number of amides is 1. The fourth-order valence-corrected chi connectivity index (χ4v) is 3.55. The van der Waals surface area contributed by atoms with Crippen LogP contribution >= 0.6 is 0 Å². The first-order valence-corrected chi connectivity index (χ1v) is 8.83. The summed E-state index contributed by atoms with van der Waals surface area (Å²) in [5.74, 6) is -0.0684. The third-order valence-electron chi connectivity index (χ3n) is 4.86. The van der Waals surface area contributed by atoms with Gasteiger partial charge in [0.2, 0.25) is 11.9 Å². The minimum absolute atomic E-state index is 0.130. The highest BCUT2D eigenvalue weighted by Crippen LogP contribution is 2.37. The number of nitrogens with zero attached hydrogens (tertiary/aromatic N) is 3. The fraction of sp³-hybridized carbons (Fsp3) is 0.190. The van der Waals surface area contributed by atoms with E-state index >= 15 is 0 Å². The maximum absolute atomic E-state index is 13.3. The second-order valence-corrected chi connectivity index (χ2v) is 6.82. The number of benzene rings is 2. The zero-order valence-corrected chi connectivity index (χ0v) is 15.3. The van der Waals surface area contributed by atoms with Gasteiger partial charge in [-0.2, -0.15) is 10.1 Å². The molecule has 1 aliphatic rings. The molecule has 6 heteroatoms. The Labute approximate surface area is 157 Å². The van der Waals surface area contributed by atoms with Gasteiger partial charge in [-0.05, 0) is 31.0 Å². The zero-order chi connectivity index (χ0) is 19.0. The van der Waals surface area contributed by atoms with Gasteiger partial charge in [0.1, 0.15) is 12.2 Å². The summed E-state index contributed by atoms with van der Waals surface area (Å²) in [4.78, 5) is 17.5. The summed E-state index contributed by atoms with van der Waals surface area (Å²) in [5, 5.41) is 10.5. The lowest BCUT2D eigenvalue weighted by atomic mass is 9.88. The van der Waals surface area contributed by atoms with Crippen LogP contribution < -0.4 is 10.6 Å². The normalized spacial score (nSPS) is 18.5. The van der Waals surface area contributed by atoms with Gasteiger partial charge in [0.15, 0.2) is 0 Å². The van der Waals surface area contributed by atoms with Gasteiger partial charge in [0, 0.05) is 11.4 Å². The molecule has 0 radical (unpaired) electrons. The molecule has 2 N–H and O–H groups in total. The average molecular weight is 359 g/mol. The minimum atomic E-state index is -0.526. The standard InChI is InChI=1S/C21H21N5O/c1-13-9-10-17(14(2)11-13)25-20(27)18-15(3)24-21-22-12-23-26(21)19(18)16-7-5-4-6-8-16/h4-12,18-19H,3H2,1-2H3,(H,25,27)(H,22,23,24)/t18-,19+/m1/s1. The monoisotopic (exact) mass is 359 g/mol. The molecule has 2 heterocycles. The van der Waals surface area contributed by atoms with Crippen LogP contribution in [0, 0.1) is 19.8 Å². The molecule has 0 spiro atoms. The van der Waals surface area contributed by atoms with Crippen LogP contribution in [0.25, 0.3) is 0 Å². The van der Waals surface area contributed by atoms with Crippen molar-refractivity contribution in [1.82, 2.24) is 14.8 Å². The molecule has 2 atom stereocenters. The van der Waals surface area contributed by atoms with Gasteiger partial charge >= 0.3 is 0 Å². The average Bonchev–Trinajstić information content (AvgIpc) is 3.11. The third kappa shape index (κ3) is 3.10. The highest BCUT2D eigenvalue weighted by atomic mass is 16.2. The molecule has 0 fully saturated rings. The summed E-state index contributed by atoms with van der Waals surface area (Å²) in [7, 11) is 0. The second-order valence-electron chi connectivity index (χ2n) is 6.82. The molecular weight excluding hydrogens is 338 g/mol. The maximum Gasteiger partial charge on any atom is 0.235 e. The quantitative estimate of drug-likeness (QED) is 0.748. The predicted molar refractivity (Wildman–Crippen MR) is 105 cm³/mol. The molecule has 4 rings (SSSR count). The lowest BCUT2D eigenvalue weighted by Crippen LogP contribution is -2.39. The van der Waals surface area contributed by atoms with Crippen molar-refractivity contribution in [1.29, 1.82) is 0 Å². The number of carbonyl (C=O) groups excluding carboxylic acids is 1. The van der Waals surface area contributed by atoms with Crippen molar-refractivity contribution in [3.63, 3.8) is 0 Å². The highest BCUT2D eigenvalue weighted by molar-refractivity contribution is 5.96. The van der Waals surface area contributed by atoms with Gasteiger partial charge in [0.05, 0.1) is 6.04 Å². The summed E-state index contributed by atoms with van der Waals surface area (Å²) in [6.07, 6.45) is 1.48. The molecule has 3 aromatic rings. The van der Waals surface area contributed by atoms with E-state index in [1.807, 2.05) is 62.4 Å². The van der Waals surface area contributed by atoms with Gasteiger partial charge in [-0.25, -0.2) is 4.68 Å². The Balaban J connectivity index is 1.73. The Bertz CT molecular complexity index is 1010. The van der Waals surface area contributed by atoms with Crippen LogP contribution in [-0.4, -0.2) is 20.7 Å². The Hall–Kier alpha value is -3.41. The van der Waals surface area contributed by atoms with Gasteiger partial charge in [-0.1, -0.05) is 54.6 Å². The van der Waals surface area contributed by atoms with Crippen LogP contribution in [0.2, 0.25) is 0 Å². The smallest absolute Gasteiger partial charge is 0.235 e. The molecule has 1 amide bonds. The minimum Gasteiger partial charge on any atom is -0.328 e. The van der Waals surface area contributed by atoms with Crippen molar-refractivity contribution in [2.45, 2.75) is 19.9 Å². The SMILES string of the molecule is C=C1Nc2ncnn2[C@@H](c2ccccc2)[C@@H]1C(=O)Nc1ccc(C)cc1C.